The highest BCUT2D eigenvalue weighted by atomic mass is 31.2. The Hall–Kier alpha value is -1.94. The molecule has 0 fully saturated rings. The number of ether oxygens (including phenoxy) is 4. The van der Waals surface area contributed by atoms with Gasteiger partial charge in [0.2, 0.25) is 0 Å². The number of esters is 4. The van der Waals surface area contributed by atoms with Crippen molar-refractivity contribution in [3.8, 4) is 0 Å². The second-order valence-corrected chi connectivity index (χ2v) is 31.8. The fourth-order valence-electron chi connectivity index (χ4n) is 12.2. The number of carbonyl (C=O) groups is 4. The fraction of sp³-hybridized carbons (Fsp3) is 0.949. The van der Waals surface area contributed by atoms with Gasteiger partial charge in [-0.3, -0.25) is 37.3 Å². The van der Waals surface area contributed by atoms with Crippen molar-refractivity contribution in [1.29, 1.82) is 0 Å². The van der Waals surface area contributed by atoms with Crippen LogP contribution in [0.2, 0.25) is 0 Å². The molecule has 0 spiro atoms. The van der Waals surface area contributed by atoms with Gasteiger partial charge in [0, 0.05) is 25.7 Å². The Balaban J connectivity index is 5.16. The summed E-state index contributed by atoms with van der Waals surface area (Å²) in [7, 11) is -9.91. The summed E-state index contributed by atoms with van der Waals surface area (Å²) in [5.74, 6) is -1.29. The maximum Gasteiger partial charge on any atom is 0.472 e. The van der Waals surface area contributed by atoms with E-state index in [4.69, 9.17) is 37.0 Å². The average Bonchev–Trinajstić information content (AvgIpc) is 1.13. The molecule has 0 aromatic rings. The lowest BCUT2D eigenvalue weighted by Gasteiger charge is -2.21. The minimum absolute atomic E-state index is 0.107. The van der Waals surface area contributed by atoms with Crippen LogP contribution >= 0.6 is 15.6 Å². The average molecular weight is 1440 g/mol. The van der Waals surface area contributed by atoms with E-state index < -0.39 is 97.5 Å². The van der Waals surface area contributed by atoms with Crippen LogP contribution in [0.1, 0.15) is 420 Å². The van der Waals surface area contributed by atoms with E-state index in [9.17, 15) is 43.2 Å². The Labute approximate surface area is 600 Å². The summed E-state index contributed by atoms with van der Waals surface area (Å²) in [4.78, 5) is 72.8. The Bertz CT molecular complexity index is 1870. The third kappa shape index (κ3) is 72.4. The second-order valence-electron chi connectivity index (χ2n) is 28.9. The van der Waals surface area contributed by atoms with Crippen LogP contribution in [0.15, 0.2) is 0 Å². The van der Waals surface area contributed by atoms with Crippen LogP contribution in [0.3, 0.4) is 0 Å². The highest BCUT2D eigenvalue weighted by Gasteiger charge is 2.30. The molecular weight excluding hydrogens is 1280 g/mol. The Kier molecular flexibility index (Phi) is 70.6. The topological polar surface area (TPSA) is 237 Å². The molecule has 0 aromatic heterocycles. The summed E-state index contributed by atoms with van der Waals surface area (Å²) in [5.41, 5.74) is 0. The minimum Gasteiger partial charge on any atom is -0.462 e. The first-order valence-electron chi connectivity index (χ1n) is 41.1. The lowest BCUT2D eigenvalue weighted by molar-refractivity contribution is -0.161. The smallest absolute Gasteiger partial charge is 0.462 e. The number of phosphoric ester groups is 2. The Morgan fingerprint density at radius 3 is 0.694 bits per heavy atom. The number of unbranched alkanes of at least 4 members (excludes halogenated alkanes) is 51. The van der Waals surface area contributed by atoms with Crippen LogP contribution in [0.5, 0.6) is 0 Å². The van der Waals surface area contributed by atoms with Crippen molar-refractivity contribution >= 4 is 39.5 Å². The van der Waals surface area contributed by atoms with E-state index in [1.165, 1.54) is 231 Å². The molecule has 19 heteroatoms. The molecule has 582 valence electrons. The normalized spacial score (nSPS) is 13.9. The molecule has 0 aliphatic carbocycles. The van der Waals surface area contributed by atoms with E-state index in [0.717, 1.165) is 109 Å². The number of hydrogen-bond acceptors (Lipinski definition) is 15. The van der Waals surface area contributed by atoms with Crippen molar-refractivity contribution in [2.75, 3.05) is 39.6 Å². The van der Waals surface area contributed by atoms with Crippen LogP contribution < -0.4 is 0 Å². The zero-order chi connectivity index (χ0) is 71.9. The molecule has 5 atom stereocenters. The highest BCUT2D eigenvalue weighted by molar-refractivity contribution is 7.47. The standard InChI is InChI=1S/C79H154O17P2/c1-6-9-12-15-18-20-22-24-25-26-30-33-36-40-43-48-53-58-63-77(82)90-69-75(96-79(84)65-60-55-50-45-41-37-34-31-28-27-29-32-35-38-42-47-51-56-61-72(4)5)71-94-98(87,88)92-67-73(80)66-91-97(85,86)93-70-74(68-89-76(81)62-57-52-46-17-14-11-8-3)95-78(83)64-59-54-49-44-39-23-21-19-16-13-10-7-2/h72-75,80H,6-71H2,1-5H3,(H,85,86)(H,87,88)/t73-,74+,75+/m0/s1. The van der Waals surface area contributed by atoms with E-state index >= 15 is 0 Å². The van der Waals surface area contributed by atoms with Crippen LogP contribution in [-0.2, 0) is 65.4 Å². The largest absolute Gasteiger partial charge is 0.472 e. The zero-order valence-electron chi connectivity index (χ0n) is 63.9. The molecular formula is C79H154O17P2. The van der Waals surface area contributed by atoms with E-state index in [2.05, 4.69) is 34.6 Å². The molecule has 98 heavy (non-hydrogen) atoms. The van der Waals surface area contributed by atoms with E-state index in [1.807, 2.05) is 0 Å². The molecule has 2 unspecified atom stereocenters. The third-order valence-electron chi connectivity index (χ3n) is 18.5. The van der Waals surface area contributed by atoms with E-state index in [1.54, 1.807) is 0 Å². The molecule has 0 aliphatic rings. The van der Waals surface area contributed by atoms with Gasteiger partial charge < -0.3 is 33.8 Å². The van der Waals surface area contributed by atoms with Crippen LogP contribution in [-0.4, -0.2) is 96.7 Å². The first-order valence-corrected chi connectivity index (χ1v) is 44.1. The molecule has 0 aromatic carbocycles. The predicted molar refractivity (Wildman–Crippen MR) is 400 cm³/mol. The molecule has 0 amide bonds. The van der Waals surface area contributed by atoms with Crippen LogP contribution in [0.4, 0.5) is 0 Å². The SMILES string of the molecule is CCCCCCCCCCCCCCCCCCCCC(=O)OC[C@H](COP(=O)(O)OC[C@@H](O)COP(=O)(O)OC[C@@H](COC(=O)CCCCCCCCC)OC(=O)CCCCCCCCCCCCCC)OC(=O)CCCCCCCCCCCCCCCCCCCCC(C)C. The maximum atomic E-state index is 13.1. The van der Waals surface area contributed by atoms with Crippen molar-refractivity contribution in [1.82, 2.24) is 0 Å². The molecule has 0 aliphatic heterocycles. The van der Waals surface area contributed by atoms with Crippen molar-refractivity contribution in [3.63, 3.8) is 0 Å². The predicted octanol–water partition coefficient (Wildman–Crippen LogP) is 23.6. The molecule has 0 bridgehead atoms. The van der Waals surface area contributed by atoms with Gasteiger partial charge in [-0.2, -0.15) is 0 Å². The zero-order valence-corrected chi connectivity index (χ0v) is 65.7. The quantitative estimate of drug-likeness (QED) is 0.0222. The van der Waals surface area contributed by atoms with Gasteiger partial charge in [-0.15, -0.1) is 0 Å². The van der Waals surface area contributed by atoms with Gasteiger partial charge in [-0.05, 0) is 31.6 Å². The summed E-state index contributed by atoms with van der Waals surface area (Å²) < 4.78 is 68.5. The van der Waals surface area contributed by atoms with Gasteiger partial charge in [0.05, 0.1) is 26.4 Å². The molecule has 0 saturated heterocycles. The highest BCUT2D eigenvalue weighted by Crippen LogP contribution is 2.45. The summed E-state index contributed by atoms with van der Waals surface area (Å²) >= 11 is 0. The number of rotatable bonds is 79. The number of hydrogen-bond donors (Lipinski definition) is 3. The number of carbonyl (C=O) groups excluding carboxylic acids is 4. The molecule has 3 N–H and O–H groups in total. The van der Waals surface area contributed by atoms with Crippen molar-refractivity contribution < 1.29 is 80.2 Å². The second kappa shape index (κ2) is 72.0. The first-order chi connectivity index (χ1) is 47.5. The van der Waals surface area contributed by atoms with E-state index in [0.29, 0.717) is 25.7 Å². The monoisotopic (exact) mass is 1440 g/mol. The number of phosphoric acid groups is 2. The van der Waals surface area contributed by atoms with Gasteiger partial charge >= 0.3 is 39.5 Å². The van der Waals surface area contributed by atoms with Gasteiger partial charge in [-0.1, -0.05) is 369 Å². The summed E-state index contributed by atoms with van der Waals surface area (Å²) in [6.07, 6.45) is 62.6. The molecule has 0 radical (unpaired) electrons. The summed E-state index contributed by atoms with van der Waals surface area (Å²) in [6, 6.07) is 0. The van der Waals surface area contributed by atoms with Gasteiger partial charge in [0.1, 0.15) is 19.3 Å². The Morgan fingerprint density at radius 2 is 0.469 bits per heavy atom. The maximum absolute atomic E-state index is 13.1. The molecule has 17 nitrogen and oxygen atoms in total. The van der Waals surface area contributed by atoms with Crippen molar-refractivity contribution in [3.05, 3.63) is 0 Å². The van der Waals surface area contributed by atoms with Crippen molar-refractivity contribution in [2.45, 2.75) is 438 Å². The third-order valence-corrected chi connectivity index (χ3v) is 20.4. The van der Waals surface area contributed by atoms with Gasteiger partial charge in [-0.25, -0.2) is 9.13 Å². The summed E-state index contributed by atoms with van der Waals surface area (Å²) in [5, 5.41) is 10.6. The minimum atomic E-state index is -4.96. The van der Waals surface area contributed by atoms with Gasteiger partial charge in [0.25, 0.3) is 0 Å². The van der Waals surface area contributed by atoms with Gasteiger partial charge in [0.15, 0.2) is 12.2 Å². The van der Waals surface area contributed by atoms with E-state index in [-0.39, 0.29) is 25.7 Å². The molecule has 0 rings (SSSR count). The lowest BCUT2D eigenvalue weighted by Crippen LogP contribution is -2.30. The number of aliphatic hydroxyl groups excluding tert-OH is 1. The van der Waals surface area contributed by atoms with Crippen molar-refractivity contribution in [2.24, 2.45) is 5.92 Å². The molecule has 0 heterocycles. The fourth-order valence-corrected chi connectivity index (χ4v) is 13.8. The van der Waals surface area contributed by atoms with Crippen LogP contribution in [0.25, 0.3) is 0 Å². The lowest BCUT2D eigenvalue weighted by atomic mass is 10.0. The number of aliphatic hydroxyl groups is 1. The summed E-state index contributed by atoms with van der Waals surface area (Å²) in [6.45, 7) is 7.31. The Morgan fingerprint density at radius 1 is 0.276 bits per heavy atom. The molecule has 0 saturated carbocycles. The first kappa shape index (κ1) is 96.1. The van der Waals surface area contributed by atoms with Crippen LogP contribution in [0, 0.1) is 5.92 Å².